The molecule has 0 aliphatic rings. The number of carbonyl (C=O) groups excluding carboxylic acids is 1. The molecular weight excluding hydrogens is 338 g/mol. The number of aromatic nitrogens is 1. The Hall–Kier alpha value is -3.34. The fraction of sp³-hybridized carbons (Fsp3) is 0.182. The number of anilines is 2. The van der Waals surface area contributed by atoms with Crippen molar-refractivity contribution >= 4 is 17.3 Å². The molecule has 0 fully saturated rings. The highest BCUT2D eigenvalue weighted by molar-refractivity contribution is 6.05. The molecule has 0 saturated carbocycles. The quantitative estimate of drug-likeness (QED) is 0.675. The van der Waals surface area contributed by atoms with Crippen molar-refractivity contribution in [1.82, 2.24) is 4.98 Å². The zero-order valence-corrected chi connectivity index (χ0v) is 15.7. The maximum Gasteiger partial charge on any atom is 0.257 e. The van der Waals surface area contributed by atoms with Gasteiger partial charge in [0, 0.05) is 18.9 Å². The van der Waals surface area contributed by atoms with Crippen LogP contribution in [0, 0.1) is 13.8 Å². The molecular formula is C22H23N3O2. The van der Waals surface area contributed by atoms with Crippen molar-refractivity contribution in [3.63, 3.8) is 0 Å². The lowest BCUT2D eigenvalue weighted by atomic mass is 10.1. The monoisotopic (exact) mass is 361 g/mol. The van der Waals surface area contributed by atoms with E-state index in [2.05, 4.69) is 40.7 Å². The SMILES string of the molecule is COc1ccc(C)cc1NC(=O)c1cncc(NCc2cccc(C)c2)c1. The van der Waals surface area contributed by atoms with Gasteiger partial charge in [-0.05, 0) is 43.2 Å². The van der Waals surface area contributed by atoms with Gasteiger partial charge in [0.05, 0.1) is 24.0 Å². The van der Waals surface area contributed by atoms with Gasteiger partial charge in [-0.3, -0.25) is 9.78 Å². The van der Waals surface area contributed by atoms with E-state index < -0.39 is 0 Å². The van der Waals surface area contributed by atoms with E-state index in [-0.39, 0.29) is 5.91 Å². The number of carbonyl (C=O) groups is 1. The number of amides is 1. The smallest absolute Gasteiger partial charge is 0.257 e. The number of methoxy groups -OCH3 is 1. The number of rotatable bonds is 6. The fourth-order valence-electron chi connectivity index (χ4n) is 2.80. The summed E-state index contributed by atoms with van der Waals surface area (Å²) in [4.78, 5) is 16.8. The number of nitrogens with zero attached hydrogens (tertiary/aromatic N) is 1. The zero-order chi connectivity index (χ0) is 19.2. The summed E-state index contributed by atoms with van der Waals surface area (Å²) in [5.41, 5.74) is 5.34. The van der Waals surface area contributed by atoms with Crippen LogP contribution in [0.5, 0.6) is 5.75 Å². The van der Waals surface area contributed by atoms with E-state index >= 15 is 0 Å². The van der Waals surface area contributed by atoms with Crippen molar-refractivity contribution in [3.05, 3.63) is 83.2 Å². The molecule has 27 heavy (non-hydrogen) atoms. The number of pyridine rings is 1. The van der Waals surface area contributed by atoms with Crippen LogP contribution in [-0.2, 0) is 6.54 Å². The van der Waals surface area contributed by atoms with Crippen LogP contribution < -0.4 is 15.4 Å². The molecule has 3 aromatic rings. The largest absolute Gasteiger partial charge is 0.495 e. The van der Waals surface area contributed by atoms with Gasteiger partial charge in [0.1, 0.15) is 5.75 Å². The second-order valence-electron chi connectivity index (χ2n) is 6.46. The molecule has 0 saturated heterocycles. The first-order chi connectivity index (χ1) is 13.0. The molecule has 1 heterocycles. The zero-order valence-electron chi connectivity index (χ0n) is 15.7. The van der Waals surface area contributed by atoms with E-state index in [1.54, 1.807) is 25.6 Å². The molecule has 0 aliphatic heterocycles. The van der Waals surface area contributed by atoms with Gasteiger partial charge in [0.25, 0.3) is 5.91 Å². The topological polar surface area (TPSA) is 63.2 Å². The lowest BCUT2D eigenvalue weighted by molar-refractivity contribution is 0.102. The van der Waals surface area contributed by atoms with E-state index in [0.717, 1.165) is 11.3 Å². The Morgan fingerprint density at radius 3 is 2.63 bits per heavy atom. The van der Waals surface area contributed by atoms with Crippen LogP contribution in [0.1, 0.15) is 27.0 Å². The van der Waals surface area contributed by atoms with Crippen molar-refractivity contribution in [2.24, 2.45) is 0 Å². The molecule has 0 bridgehead atoms. The Bertz CT molecular complexity index is 954. The van der Waals surface area contributed by atoms with E-state index in [9.17, 15) is 4.79 Å². The number of hydrogen-bond donors (Lipinski definition) is 2. The van der Waals surface area contributed by atoms with Gasteiger partial charge in [-0.2, -0.15) is 0 Å². The molecule has 138 valence electrons. The number of hydrogen-bond acceptors (Lipinski definition) is 4. The summed E-state index contributed by atoms with van der Waals surface area (Å²) in [5.74, 6) is 0.390. The minimum atomic E-state index is -0.231. The highest BCUT2D eigenvalue weighted by Crippen LogP contribution is 2.26. The second-order valence-corrected chi connectivity index (χ2v) is 6.46. The molecule has 2 aromatic carbocycles. The molecule has 0 spiro atoms. The normalized spacial score (nSPS) is 10.3. The van der Waals surface area contributed by atoms with Crippen LogP contribution in [0.4, 0.5) is 11.4 Å². The van der Waals surface area contributed by atoms with E-state index in [1.165, 1.54) is 11.1 Å². The van der Waals surface area contributed by atoms with E-state index in [4.69, 9.17) is 4.74 Å². The van der Waals surface area contributed by atoms with Gasteiger partial charge >= 0.3 is 0 Å². The second kappa shape index (κ2) is 8.36. The lowest BCUT2D eigenvalue weighted by Crippen LogP contribution is -2.13. The molecule has 0 atom stereocenters. The van der Waals surface area contributed by atoms with Crippen LogP contribution in [0.15, 0.2) is 60.9 Å². The number of nitrogens with one attached hydrogen (secondary N) is 2. The van der Waals surface area contributed by atoms with E-state index in [1.807, 2.05) is 31.2 Å². The number of aryl methyl sites for hydroxylation is 2. The van der Waals surface area contributed by atoms with Gasteiger partial charge in [-0.25, -0.2) is 0 Å². The fourth-order valence-corrected chi connectivity index (χ4v) is 2.80. The predicted molar refractivity (Wildman–Crippen MR) is 108 cm³/mol. The molecule has 5 heteroatoms. The third-order valence-electron chi connectivity index (χ3n) is 4.18. The minimum Gasteiger partial charge on any atom is -0.495 e. The maximum absolute atomic E-state index is 12.6. The first-order valence-corrected chi connectivity index (χ1v) is 8.75. The van der Waals surface area contributed by atoms with Crippen LogP contribution in [-0.4, -0.2) is 18.0 Å². The molecule has 1 aromatic heterocycles. The first-order valence-electron chi connectivity index (χ1n) is 8.75. The third-order valence-corrected chi connectivity index (χ3v) is 4.18. The standard InChI is InChI=1S/C22H23N3O2/c1-15-5-4-6-17(9-15)12-24-19-11-18(13-23-14-19)22(26)25-20-10-16(2)7-8-21(20)27-3/h4-11,13-14,24H,12H2,1-3H3,(H,25,26). The summed E-state index contributed by atoms with van der Waals surface area (Å²) in [6.07, 6.45) is 3.26. The molecule has 2 N–H and O–H groups in total. The van der Waals surface area contributed by atoms with Crippen LogP contribution in [0.3, 0.4) is 0 Å². The van der Waals surface area contributed by atoms with Crippen LogP contribution in [0.2, 0.25) is 0 Å². The Labute approximate surface area is 159 Å². The van der Waals surface area contributed by atoms with Crippen molar-refractivity contribution in [3.8, 4) is 5.75 Å². The average molecular weight is 361 g/mol. The molecule has 3 rings (SSSR count). The summed E-state index contributed by atoms with van der Waals surface area (Å²) in [6.45, 7) is 4.70. The summed E-state index contributed by atoms with van der Waals surface area (Å²) >= 11 is 0. The van der Waals surface area contributed by atoms with Crippen molar-refractivity contribution in [1.29, 1.82) is 0 Å². The van der Waals surface area contributed by atoms with Gasteiger partial charge in [-0.1, -0.05) is 35.9 Å². The molecule has 5 nitrogen and oxygen atoms in total. The average Bonchev–Trinajstić information content (AvgIpc) is 2.67. The molecule has 0 radical (unpaired) electrons. The predicted octanol–water partition coefficient (Wildman–Crippen LogP) is 4.57. The van der Waals surface area contributed by atoms with E-state index in [0.29, 0.717) is 23.5 Å². The number of ether oxygens (including phenoxy) is 1. The Morgan fingerprint density at radius 2 is 1.85 bits per heavy atom. The summed E-state index contributed by atoms with van der Waals surface area (Å²) in [6, 6.07) is 15.7. The van der Waals surface area contributed by atoms with Crippen molar-refractivity contribution < 1.29 is 9.53 Å². The van der Waals surface area contributed by atoms with Crippen LogP contribution in [0.25, 0.3) is 0 Å². The Morgan fingerprint density at radius 1 is 1.04 bits per heavy atom. The van der Waals surface area contributed by atoms with Gasteiger partial charge in [0.15, 0.2) is 0 Å². The lowest BCUT2D eigenvalue weighted by Gasteiger charge is -2.12. The Balaban J connectivity index is 1.71. The third kappa shape index (κ3) is 4.85. The maximum atomic E-state index is 12.6. The van der Waals surface area contributed by atoms with Crippen molar-refractivity contribution in [2.75, 3.05) is 17.7 Å². The highest BCUT2D eigenvalue weighted by atomic mass is 16.5. The Kier molecular flexibility index (Phi) is 5.71. The van der Waals surface area contributed by atoms with Gasteiger partial charge < -0.3 is 15.4 Å². The summed E-state index contributed by atoms with van der Waals surface area (Å²) in [5, 5.41) is 6.21. The van der Waals surface area contributed by atoms with Crippen LogP contribution >= 0.6 is 0 Å². The van der Waals surface area contributed by atoms with Gasteiger partial charge in [-0.15, -0.1) is 0 Å². The van der Waals surface area contributed by atoms with Crippen molar-refractivity contribution in [2.45, 2.75) is 20.4 Å². The molecule has 1 amide bonds. The summed E-state index contributed by atoms with van der Waals surface area (Å²) in [7, 11) is 1.58. The summed E-state index contributed by atoms with van der Waals surface area (Å²) < 4.78 is 5.32. The molecule has 0 aliphatic carbocycles. The molecule has 0 unspecified atom stereocenters. The minimum absolute atomic E-state index is 0.231. The highest BCUT2D eigenvalue weighted by Gasteiger charge is 2.11. The number of benzene rings is 2. The van der Waals surface area contributed by atoms with Gasteiger partial charge in [0.2, 0.25) is 0 Å². The first kappa shape index (κ1) is 18.5.